The Hall–Kier alpha value is -1.36. The summed E-state index contributed by atoms with van der Waals surface area (Å²) in [7, 11) is 0. The molecule has 0 saturated heterocycles. The van der Waals surface area contributed by atoms with Crippen LogP contribution in [-0.4, -0.2) is 6.18 Å². The highest BCUT2D eigenvalue weighted by atomic mass is 35.5. The Morgan fingerprint density at radius 1 is 1.27 bits per heavy atom. The molecule has 2 nitrogen and oxygen atoms in total. The van der Waals surface area contributed by atoms with E-state index in [1.165, 1.54) is 18.2 Å². The van der Waals surface area contributed by atoms with Crippen LogP contribution in [0.5, 0.6) is 11.5 Å². The number of halogens is 4. The van der Waals surface area contributed by atoms with E-state index in [1.54, 1.807) is 6.26 Å². The van der Waals surface area contributed by atoms with Crippen molar-refractivity contribution in [2.75, 3.05) is 0 Å². The molecule has 1 aromatic carbocycles. The Bertz CT molecular complexity index is 426. The van der Waals surface area contributed by atoms with E-state index in [4.69, 9.17) is 11.6 Å². The number of hydrogen-bond donors (Lipinski definition) is 0. The molecule has 1 radical (unpaired) electrons. The molecular weight excluding hydrogens is 233 g/mol. The van der Waals surface area contributed by atoms with Crippen LogP contribution in [0.4, 0.5) is 13.2 Å². The largest absolute Gasteiger partial charge is 0.453 e. The highest BCUT2D eigenvalue weighted by Gasteiger charge is 2.40. The van der Waals surface area contributed by atoms with Crippen LogP contribution in [0.2, 0.25) is 5.02 Å². The average molecular weight is 236 g/mol. The topological polar surface area (TPSA) is 18.5 Å². The van der Waals surface area contributed by atoms with Gasteiger partial charge in [0.15, 0.2) is 11.5 Å². The number of allylic oxidation sites excluding steroid dienone is 1. The third kappa shape index (κ3) is 1.87. The van der Waals surface area contributed by atoms with Gasteiger partial charge in [-0.15, -0.1) is 0 Å². The zero-order chi connectivity index (χ0) is 11.1. The molecule has 0 atom stereocenters. The highest BCUT2D eigenvalue weighted by Crippen LogP contribution is 2.41. The summed E-state index contributed by atoms with van der Waals surface area (Å²) in [5.74, 6) is -1.39. The molecule has 0 bridgehead atoms. The smallest absolute Gasteiger partial charge is 0.445 e. The summed E-state index contributed by atoms with van der Waals surface area (Å²) < 4.78 is 45.8. The molecule has 0 aromatic heterocycles. The number of ether oxygens (including phenoxy) is 2. The molecule has 2 rings (SSSR count). The van der Waals surface area contributed by atoms with Crippen molar-refractivity contribution < 1.29 is 22.6 Å². The van der Waals surface area contributed by atoms with Crippen molar-refractivity contribution in [2.45, 2.75) is 6.18 Å². The lowest BCUT2D eigenvalue weighted by atomic mass is 10.3. The van der Waals surface area contributed by atoms with E-state index < -0.39 is 11.9 Å². The number of fused-ring (bicyclic) bond motifs is 1. The molecule has 1 heterocycles. The molecular formula is C9H3ClF3O2. The number of hydrogen-bond acceptors (Lipinski definition) is 2. The van der Waals surface area contributed by atoms with Crippen LogP contribution in [0.1, 0.15) is 0 Å². The van der Waals surface area contributed by atoms with Crippen LogP contribution >= 0.6 is 11.6 Å². The lowest BCUT2D eigenvalue weighted by Crippen LogP contribution is -2.21. The Labute approximate surface area is 87.9 Å². The van der Waals surface area contributed by atoms with Crippen molar-refractivity contribution >= 4 is 11.6 Å². The highest BCUT2D eigenvalue weighted by molar-refractivity contribution is 6.32. The van der Waals surface area contributed by atoms with E-state index in [9.17, 15) is 13.2 Å². The first-order valence-electron chi connectivity index (χ1n) is 3.82. The molecule has 0 aliphatic carbocycles. The lowest BCUT2D eigenvalue weighted by Gasteiger charge is -2.19. The summed E-state index contributed by atoms with van der Waals surface area (Å²) in [5.41, 5.74) is 0. The third-order valence-electron chi connectivity index (χ3n) is 1.65. The first kappa shape index (κ1) is 10.2. The molecule has 1 aliphatic heterocycles. The first-order chi connectivity index (χ1) is 6.98. The van der Waals surface area contributed by atoms with Gasteiger partial charge < -0.3 is 9.47 Å². The van der Waals surface area contributed by atoms with Crippen LogP contribution < -0.4 is 9.47 Å². The normalized spacial score (nSPS) is 14.8. The fourth-order valence-electron chi connectivity index (χ4n) is 1.01. The van der Waals surface area contributed by atoms with Crippen LogP contribution in [0, 0.1) is 6.26 Å². The van der Waals surface area contributed by atoms with E-state index in [-0.39, 0.29) is 16.5 Å². The van der Waals surface area contributed by atoms with Gasteiger partial charge in [0.25, 0.3) is 5.76 Å². The zero-order valence-electron chi connectivity index (χ0n) is 7.06. The summed E-state index contributed by atoms with van der Waals surface area (Å²) in [6.45, 7) is 0. The second-order valence-corrected chi connectivity index (χ2v) is 3.11. The number of rotatable bonds is 0. The SMILES string of the molecule is FC(F)(F)C1=[C]Oc2cccc(Cl)c2O1. The minimum Gasteiger partial charge on any atom is -0.445 e. The minimum absolute atomic E-state index is 0.0516. The average Bonchev–Trinajstić information content (AvgIpc) is 2.16. The van der Waals surface area contributed by atoms with Gasteiger partial charge in [0.1, 0.15) is 0 Å². The molecule has 0 saturated carbocycles. The van der Waals surface area contributed by atoms with Crippen LogP contribution in [0.3, 0.4) is 0 Å². The maximum atomic E-state index is 12.2. The maximum Gasteiger partial charge on any atom is 0.453 e. The van der Waals surface area contributed by atoms with Crippen molar-refractivity contribution in [2.24, 2.45) is 0 Å². The summed E-state index contributed by atoms with van der Waals surface area (Å²) in [5, 5.41) is 0.0516. The van der Waals surface area contributed by atoms with Crippen molar-refractivity contribution in [3.8, 4) is 11.5 Å². The van der Waals surface area contributed by atoms with Crippen molar-refractivity contribution in [3.05, 3.63) is 35.2 Å². The van der Waals surface area contributed by atoms with Gasteiger partial charge in [0.05, 0.1) is 5.02 Å². The fourth-order valence-corrected chi connectivity index (χ4v) is 1.21. The molecule has 1 aromatic rings. The molecule has 15 heavy (non-hydrogen) atoms. The Morgan fingerprint density at radius 2 is 2.00 bits per heavy atom. The second-order valence-electron chi connectivity index (χ2n) is 2.70. The van der Waals surface area contributed by atoms with E-state index in [1.807, 2.05) is 0 Å². The van der Waals surface area contributed by atoms with Gasteiger partial charge in [0.2, 0.25) is 6.26 Å². The van der Waals surface area contributed by atoms with Gasteiger partial charge in [-0.3, -0.25) is 0 Å². The molecule has 79 valence electrons. The first-order valence-corrected chi connectivity index (χ1v) is 4.19. The Morgan fingerprint density at radius 3 is 2.67 bits per heavy atom. The second kappa shape index (κ2) is 3.34. The van der Waals surface area contributed by atoms with Gasteiger partial charge in [0, 0.05) is 0 Å². The summed E-state index contributed by atoms with van der Waals surface area (Å²) in [6, 6.07) is 4.37. The lowest BCUT2D eigenvalue weighted by molar-refractivity contribution is -0.121. The maximum absolute atomic E-state index is 12.2. The molecule has 0 amide bonds. The van der Waals surface area contributed by atoms with Gasteiger partial charge in [-0.25, -0.2) is 0 Å². The minimum atomic E-state index is -4.64. The van der Waals surface area contributed by atoms with Crippen LogP contribution in [0.15, 0.2) is 24.0 Å². The molecule has 6 heteroatoms. The predicted octanol–water partition coefficient (Wildman–Crippen LogP) is 3.32. The Kier molecular flexibility index (Phi) is 2.26. The molecule has 0 spiro atoms. The summed E-state index contributed by atoms with van der Waals surface area (Å²) in [6.07, 6.45) is -2.99. The molecule has 1 aliphatic rings. The quantitative estimate of drug-likeness (QED) is 0.687. The van der Waals surface area contributed by atoms with Gasteiger partial charge in [-0.1, -0.05) is 17.7 Å². The van der Waals surface area contributed by atoms with E-state index in [0.29, 0.717) is 0 Å². The van der Waals surface area contributed by atoms with Gasteiger partial charge in [-0.05, 0) is 12.1 Å². The summed E-state index contributed by atoms with van der Waals surface area (Å²) in [4.78, 5) is 0. The van der Waals surface area contributed by atoms with E-state index in [2.05, 4.69) is 9.47 Å². The van der Waals surface area contributed by atoms with Gasteiger partial charge in [-0.2, -0.15) is 13.2 Å². The van der Waals surface area contributed by atoms with Gasteiger partial charge >= 0.3 is 6.18 Å². The number of benzene rings is 1. The van der Waals surface area contributed by atoms with Crippen molar-refractivity contribution in [1.29, 1.82) is 0 Å². The number of alkyl halides is 3. The monoisotopic (exact) mass is 235 g/mol. The van der Waals surface area contributed by atoms with E-state index in [0.717, 1.165) is 0 Å². The molecule has 0 fully saturated rings. The van der Waals surface area contributed by atoms with Crippen molar-refractivity contribution in [3.63, 3.8) is 0 Å². The summed E-state index contributed by atoms with van der Waals surface area (Å²) >= 11 is 5.64. The fraction of sp³-hybridized carbons (Fsp3) is 0.111. The predicted molar refractivity (Wildman–Crippen MR) is 45.5 cm³/mol. The zero-order valence-corrected chi connectivity index (χ0v) is 7.82. The molecule has 0 N–H and O–H groups in total. The van der Waals surface area contributed by atoms with Crippen molar-refractivity contribution in [1.82, 2.24) is 0 Å². The number of para-hydroxylation sites is 1. The van der Waals surface area contributed by atoms with E-state index >= 15 is 0 Å². The standard InChI is InChI=1S/C9H3ClF3O2/c10-5-2-1-3-6-8(5)15-7(4-14-6)9(11,12)13/h1-3H. The third-order valence-corrected chi connectivity index (χ3v) is 1.94. The molecule has 0 unspecified atom stereocenters. The van der Waals surface area contributed by atoms with Crippen LogP contribution in [0.25, 0.3) is 0 Å². The Balaban J connectivity index is 2.37. The van der Waals surface area contributed by atoms with Crippen LogP contribution in [-0.2, 0) is 0 Å².